The molecule has 0 amide bonds. The summed E-state index contributed by atoms with van der Waals surface area (Å²) >= 11 is 13.7. The highest BCUT2D eigenvalue weighted by atomic mass is 35.5. The fourth-order valence-electron chi connectivity index (χ4n) is 4.70. The zero-order valence-corrected chi connectivity index (χ0v) is 21.3. The molecule has 0 radical (unpaired) electrons. The molecule has 0 fully saturated rings. The monoisotopic (exact) mass is 510 g/mol. The number of aliphatic imine (C=N–C) groups is 1. The Morgan fingerprint density at radius 3 is 2.47 bits per heavy atom. The molecule has 3 aliphatic rings. The van der Waals surface area contributed by atoms with Crippen molar-refractivity contribution in [2.45, 2.75) is 39.2 Å². The predicted octanol–water partition coefficient (Wildman–Crippen LogP) is 7.77. The van der Waals surface area contributed by atoms with Crippen LogP contribution < -0.4 is 0 Å². The summed E-state index contributed by atoms with van der Waals surface area (Å²) < 4.78 is 5.33. The molecule has 2 aromatic carbocycles. The molecule has 5 rings (SSSR count). The summed E-state index contributed by atoms with van der Waals surface area (Å²) in [4.78, 5) is 20.6. The number of fused-ring (bicyclic) bond motifs is 1. The van der Waals surface area contributed by atoms with Crippen LogP contribution in [0, 0.1) is 0 Å². The van der Waals surface area contributed by atoms with E-state index in [1.807, 2.05) is 50.2 Å². The minimum absolute atomic E-state index is 0.0480. The Morgan fingerprint density at radius 1 is 1.12 bits per heavy atom. The summed E-state index contributed by atoms with van der Waals surface area (Å²) in [6.45, 7) is 4.14. The number of carbonyl (C=O) groups excluding carboxylic acids is 1. The number of rotatable bonds is 4. The van der Waals surface area contributed by atoms with Crippen molar-refractivity contribution in [3.63, 3.8) is 0 Å². The van der Waals surface area contributed by atoms with Gasteiger partial charge >= 0.3 is 5.97 Å². The molecule has 0 bridgehead atoms. The second-order valence-electron chi connectivity index (χ2n) is 8.40. The van der Waals surface area contributed by atoms with Crippen LogP contribution >= 0.6 is 35.0 Å². The minimum Gasteiger partial charge on any atom is -0.462 e. The third-order valence-corrected chi connectivity index (χ3v) is 7.88. The highest BCUT2D eigenvalue weighted by Gasteiger charge is 2.42. The summed E-state index contributed by atoms with van der Waals surface area (Å²) in [6, 6.07) is 15.8. The van der Waals surface area contributed by atoms with Crippen LogP contribution in [0.3, 0.4) is 0 Å². The SMILES string of the molecule is CCOC(=O)C1=C(C)N2C(=NC3=C(CCC/C3=C/c3ccc(Cl)cc3)C2c2ccc(Cl)cc2)S1. The van der Waals surface area contributed by atoms with Gasteiger partial charge < -0.3 is 9.64 Å². The Balaban J connectivity index is 1.64. The van der Waals surface area contributed by atoms with Crippen molar-refractivity contribution in [2.24, 2.45) is 4.99 Å². The number of hydrogen-bond acceptors (Lipinski definition) is 5. The van der Waals surface area contributed by atoms with Crippen LogP contribution in [-0.2, 0) is 9.53 Å². The summed E-state index contributed by atoms with van der Waals surface area (Å²) in [7, 11) is 0. The second-order valence-corrected chi connectivity index (χ2v) is 10.3. The first-order valence-electron chi connectivity index (χ1n) is 11.3. The topological polar surface area (TPSA) is 41.9 Å². The summed E-state index contributed by atoms with van der Waals surface area (Å²) in [6.07, 6.45) is 5.14. The molecule has 2 aromatic rings. The summed E-state index contributed by atoms with van der Waals surface area (Å²) in [5, 5.41) is 2.23. The maximum absolute atomic E-state index is 12.7. The van der Waals surface area contributed by atoms with E-state index in [2.05, 4.69) is 23.1 Å². The quantitative estimate of drug-likeness (QED) is 0.394. The Morgan fingerprint density at radius 2 is 1.79 bits per heavy atom. The van der Waals surface area contributed by atoms with Gasteiger partial charge in [-0.25, -0.2) is 9.79 Å². The van der Waals surface area contributed by atoms with Crippen molar-refractivity contribution < 1.29 is 9.53 Å². The zero-order chi connectivity index (χ0) is 23.8. The molecule has 7 heteroatoms. The van der Waals surface area contributed by atoms with Crippen LogP contribution in [0.25, 0.3) is 6.08 Å². The Bertz CT molecular complexity index is 1260. The highest BCUT2D eigenvalue weighted by molar-refractivity contribution is 8.18. The molecular formula is C27H24Cl2N2O2S. The fraction of sp³-hybridized carbons (Fsp3) is 0.259. The molecule has 0 aromatic heterocycles. The number of amidine groups is 1. The first-order valence-corrected chi connectivity index (χ1v) is 12.9. The number of nitrogens with zero attached hydrogens (tertiary/aromatic N) is 2. The molecule has 1 atom stereocenters. The molecule has 4 nitrogen and oxygen atoms in total. The second kappa shape index (κ2) is 9.65. The zero-order valence-electron chi connectivity index (χ0n) is 19.0. The number of halogens is 2. The van der Waals surface area contributed by atoms with Gasteiger partial charge in [-0.1, -0.05) is 47.5 Å². The summed E-state index contributed by atoms with van der Waals surface area (Å²) in [5.74, 6) is -0.299. The number of ether oxygens (including phenoxy) is 1. The van der Waals surface area contributed by atoms with E-state index in [9.17, 15) is 4.79 Å². The van der Waals surface area contributed by atoms with E-state index in [-0.39, 0.29) is 12.0 Å². The molecular weight excluding hydrogens is 487 g/mol. The number of thioether (sulfide) groups is 1. The summed E-state index contributed by atoms with van der Waals surface area (Å²) in [5.41, 5.74) is 6.60. The fourth-order valence-corrected chi connectivity index (χ4v) is 6.00. The van der Waals surface area contributed by atoms with Crippen LogP contribution in [0.1, 0.15) is 50.3 Å². The average molecular weight is 511 g/mol. The van der Waals surface area contributed by atoms with Gasteiger partial charge in [0.1, 0.15) is 4.91 Å². The van der Waals surface area contributed by atoms with Gasteiger partial charge in [0.2, 0.25) is 0 Å². The van der Waals surface area contributed by atoms with Crippen LogP contribution in [0.4, 0.5) is 0 Å². The van der Waals surface area contributed by atoms with E-state index in [0.29, 0.717) is 16.5 Å². The molecule has 0 saturated carbocycles. The lowest BCUT2D eigenvalue weighted by atomic mass is 9.83. The molecule has 1 unspecified atom stereocenters. The van der Waals surface area contributed by atoms with Gasteiger partial charge in [-0.15, -0.1) is 0 Å². The molecule has 0 saturated heterocycles. The lowest BCUT2D eigenvalue weighted by molar-refractivity contribution is -0.137. The van der Waals surface area contributed by atoms with Crippen molar-refractivity contribution in [1.82, 2.24) is 4.90 Å². The van der Waals surface area contributed by atoms with Crippen molar-refractivity contribution in [3.05, 3.63) is 97.1 Å². The van der Waals surface area contributed by atoms with Gasteiger partial charge in [-0.05, 0) is 97.5 Å². The van der Waals surface area contributed by atoms with Gasteiger partial charge in [-0.3, -0.25) is 0 Å². The number of benzene rings is 2. The molecule has 174 valence electrons. The number of carbonyl (C=O) groups is 1. The first-order chi connectivity index (χ1) is 16.5. The Kier molecular flexibility index (Phi) is 6.61. The van der Waals surface area contributed by atoms with Crippen molar-refractivity contribution in [3.8, 4) is 0 Å². The normalized spacial score (nSPS) is 20.9. The van der Waals surface area contributed by atoms with Crippen LogP contribution in [0.5, 0.6) is 0 Å². The number of esters is 1. The smallest absolute Gasteiger partial charge is 0.346 e. The molecule has 0 spiro atoms. The molecule has 2 aliphatic heterocycles. The van der Waals surface area contributed by atoms with Gasteiger partial charge in [-0.2, -0.15) is 0 Å². The van der Waals surface area contributed by atoms with Crippen molar-refractivity contribution >= 4 is 52.2 Å². The Hall–Kier alpha value is -2.47. The van der Waals surface area contributed by atoms with Gasteiger partial charge in [0.05, 0.1) is 18.3 Å². The lowest BCUT2D eigenvalue weighted by Crippen LogP contribution is -2.34. The lowest BCUT2D eigenvalue weighted by Gasteiger charge is -2.39. The van der Waals surface area contributed by atoms with E-state index < -0.39 is 0 Å². The third-order valence-electron chi connectivity index (χ3n) is 6.24. The minimum atomic E-state index is -0.299. The van der Waals surface area contributed by atoms with E-state index >= 15 is 0 Å². The van der Waals surface area contributed by atoms with Crippen LogP contribution in [0.15, 0.2) is 81.0 Å². The highest BCUT2D eigenvalue weighted by Crippen LogP contribution is 2.51. The van der Waals surface area contributed by atoms with Crippen LogP contribution in [0.2, 0.25) is 10.0 Å². The third kappa shape index (κ3) is 4.33. The molecule has 1 aliphatic carbocycles. The predicted molar refractivity (Wildman–Crippen MR) is 141 cm³/mol. The van der Waals surface area contributed by atoms with E-state index in [0.717, 1.165) is 52.0 Å². The Labute approximate surface area is 214 Å². The average Bonchev–Trinajstić information content (AvgIpc) is 3.16. The van der Waals surface area contributed by atoms with Crippen LogP contribution in [-0.4, -0.2) is 22.6 Å². The molecule has 2 heterocycles. The van der Waals surface area contributed by atoms with Gasteiger partial charge in [0, 0.05) is 15.7 Å². The maximum Gasteiger partial charge on any atom is 0.346 e. The molecule has 34 heavy (non-hydrogen) atoms. The maximum atomic E-state index is 12.7. The van der Waals surface area contributed by atoms with Gasteiger partial charge in [0.25, 0.3) is 0 Å². The first kappa shape index (κ1) is 23.3. The largest absolute Gasteiger partial charge is 0.462 e. The molecule has 0 N–H and O–H groups in total. The van der Waals surface area contributed by atoms with Crippen molar-refractivity contribution in [1.29, 1.82) is 0 Å². The standard InChI is InChI=1S/C27H24Cl2N2O2S/c1-3-33-26(32)25-16(2)31-24(18-9-13-21(29)14-10-18)22-6-4-5-19(23(22)30-27(31)34-25)15-17-7-11-20(28)12-8-17/h7-15,24H,3-6H2,1-2H3/b19-15-. The van der Waals surface area contributed by atoms with Gasteiger partial charge in [0.15, 0.2) is 5.17 Å². The number of hydrogen-bond donors (Lipinski definition) is 0. The van der Waals surface area contributed by atoms with Crippen molar-refractivity contribution in [2.75, 3.05) is 6.61 Å². The number of allylic oxidation sites excluding steroid dienone is 2. The van der Waals surface area contributed by atoms with E-state index in [1.165, 1.54) is 22.9 Å². The van der Waals surface area contributed by atoms with E-state index in [4.69, 9.17) is 32.9 Å². The van der Waals surface area contributed by atoms with E-state index in [1.54, 1.807) is 0 Å².